The molecule has 0 saturated carbocycles. The molecular weight excluding hydrogens is 174 g/mol. The van der Waals surface area contributed by atoms with Crippen molar-refractivity contribution in [1.29, 1.82) is 0 Å². The highest BCUT2D eigenvalue weighted by molar-refractivity contribution is 5.92. The topological polar surface area (TPSA) is 59.0 Å². The van der Waals surface area contributed by atoms with Crippen molar-refractivity contribution >= 4 is 5.97 Å². The van der Waals surface area contributed by atoms with Crippen LogP contribution in [0, 0.1) is 0 Å². The SMILES string of the molecule is CN1Oc2cccc(C(=O)O)c2O1. The summed E-state index contributed by atoms with van der Waals surface area (Å²) in [6.45, 7) is 0. The normalized spacial score (nSPS) is 14.5. The zero-order valence-electron chi connectivity index (χ0n) is 6.85. The number of aromatic carboxylic acids is 1. The van der Waals surface area contributed by atoms with Crippen molar-refractivity contribution in [3.63, 3.8) is 0 Å². The fourth-order valence-electron chi connectivity index (χ4n) is 1.14. The van der Waals surface area contributed by atoms with Gasteiger partial charge in [0.2, 0.25) is 5.75 Å². The molecule has 0 aromatic heterocycles. The van der Waals surface area contributed by atoms with Crippen LogP contribution in [0.4, 0.5) is 0 Å². The molecule has 13 heavy (non-hydrogen) atoms. The van der Waals surface area contributed by atoms with Crippen LogP contribution in [0.3, 0.4) is 0 Å². The molecule has 1 aromatic rings. The lowest BCUT2D eigenvalue weighted by Crippen LogP contribution is -2.19. The van der Waals surface area contributed by atoms with Gasteiger partial charge in [-0.05, 0) is 12.1 Å². The van der Waals surface area contributed by atoms with Crippen LogP contribution in [0.25, 0.3) is 0 Å². The van der Waals surface area contributed by atoms with E-state index in [0.29, 0.717) is 5.75 Å². The van der Waals surface area contributed by atoms with E-state index in [2.05, 4.69) is 0 Å². The molecule has 2 rings (SSSR count). The third kappa shape index (κ3) is 1.19. The first-order valence-corrected chi connectivity index (χ1v) is 3.64. The van der Waals surface area contributed by atoms with Crippen LogP contribution in [-0.4, -0.2) is 23.4 Å². The molecule has 0 saturated heterocycles. The number of carboxylic acids is 1. The Morgan fingerprint density at radius 3 is 2.92 bits per heavy atom. The largest absolute Gasteiger partial charge is 0.478 e. The van der Waals surface area contributed by atoms with Crippen LogP contribution in [-0.2, 0) is 0 Å². The van der Waals surface area contributed by atoms with Gasteiger partial charge in [-0.1, -0.05) is 6.07 Å². The molecule has 0 amide bonds. The Balaban J connectivity index is 2.51. The zero-order chi connectivity index (χ0) is 9.42. The maximum absolute atomic E-state index is 10.7. The van der Waals surface area contributed by atoms with Gasteiger partial charge < -0.3 is 14.8 Å². The van der Waals surface area contributed by atoms with E-state index in [-0.39, 0.29) is 11.3 Å². The van der Waals surface area contributed by atoms with E-state index in [0.717, 1.165) is 5.23 Å². The average molecular weight is 181 g/mol. The van der Waals surface area contributed by atoms with Crippen LogP contribution in [0.1, 0.15) is 10.4 Å². The van der Waals surface area contributed by atoms with Crippen LogP contribution >= 0.6 is 0 Å². The van der Waals surface area contributed by atoms with E-state index < -0.39 is 5.97 Å². The first-order valence-electron chi connectivity index (χ1n) is 3.64. The Kier molecular flexibility index (Phi) is 1.60. The van der Waals surface area contributed by atoms with E-state index in [1.54, 1.807) is 19.2 Å². The fourth-order valence-corrected chi connectivity index (χ4v) is 1.14. The summed E-state index contributed by atoms with van der Waals surface area (Å²) in [7, 11) is 1.55. The quantitative estimate of drug-likeness (QED) is 0.698. The van der Waals surface area contributed by atoms with Crippen molar-refractivity contribution in [2.45, 2.75) is 0 Å². The molecule has 0 fully saturated rings. The molecule has 5 nitrogen and oxygen atoms in total. The molecule has 1 aliphatic rings. The van der Waals surface area contributed by atoms with E-state index in [1.165, 1.54) is 6.07 Å². The monoisotopic (exact) mass is 181 g/mol. The van der Waals surface area contributed by atoms with Gasteiger partial charge in [0.1, 0.15) is 5.56 Å². The molecule has 68 valence electrons. The Morgan fingerprint density at radius 1 is 1.46 bits per heavy atom. The number of para-hydroxylation sites is 1. The second kappa shape index (κ2) is 2.63. The zero-order valence-corrected chi connectivity index (χ0v) is 6.85. The highest BCUT2D eigenvalue weighted by Crippen LogP contribution is 2.36. The Labute approximate surface area is 74.0 Å². The lowest BCUT2D eigenvalue weighted by molar-refractivity contribution is -0.204. The average Bonchev–Trinajstić information content (AvgIpc) is 2.43. The van der Waals surface area contributed by atoms with Crippen LogP contribution in [0.15, 0.2) is 18.2 Å². The molecule has 5 heteroatoms. The number of hydroxylamine groups is 2. The van der Waals surface area contributed by atoms with Gasteiger partial charge in [-0.3, -0.25) is 0 Å². The highest BCUT2D eigenvalue weighted by Gasteiger charge is 2.25. The Bertz CT molecular complexity index is 363. The summed E-state index contributed by atoms with van der Waals surface area (Å²) >= 11 is 0. The molecule has 1 aliphatic heterocycles. The number of hydrogen-bond acceptors (Lipinski definition) is 4. The summed E-state index contributed by atoms with van der Waals surface area (Å²) in [4.78, 5) is 20.8. The second-order valence-corrected chi connectivity index (χ2v) is 2.56. The predicted molar refractivity (Wildman–Crippen MR) is 42.4 cm³/mol. The van der Waals surface area contributed by atoms with Crippen molar-refractivity contribution in [3.05, 3.63) is 23.8 Å². The number of rotatable bonds is 1. The van der Waals surface area contributed by atoms with Gasteiger partial charge in [0.15, 0.2) is 5.75 Å². The van der Waals surface area contributed by atoms with Crippen LogP contribution in [0.5, 0.6) is 11.5 Å². The lowest BCUT2D eigenvalue weighted by Gasteiger charge is -2.03. The predicted octanol–water partition coefficient (Wildman–Crippen LogP) is 0.918. The molecule has 1 heterocycles. The third-order valence-corrected chi connectivity index (χ3v) is 1.66. The number of fused-ring (bicyclic) bond motifs is 1. The van der Waals surface area contributed by atoms with Gasteiger partial charge in [-0.15, -0.1) is 0 Å². The smallest absolute Gasteiger partial charge is 0.339 e. The summed E-state index contributed by atoms with van der Waals surface area (Å²) in [5, 5.41) is 9.89. The van der Waals surface area contributed by atoms with E-state index in [9.17, 15) is 4.79 Å². The van der Waals surface area contributed by atoms with Gasteiger partial charge in [0, 0.05) is 5.23 Å². The van der Waals surface area contributed by atoms with Crippen molar-refractivity contribution < 1.29 is 19.6 Å². The van der Waals surface area contributed by atoms with Gasteiger partial charge in [-0.25, -0.2) is 4.79 Å². The third-order valence-electron chi connectivity index (χ3n) is 1.66. The van der Waals surface area contributed by atoms with Crippen molar-refractivity contribution in [1.82, 2.24) is 5.23 Å². The van der Waals surface area contributed by atoms with Crippen LogP contribution in [0.2, 0.25) is 0 Å². The van der Waals surface area contributed by atoms with Gasteiger partial charge in [-0.2, -0.15) is 0 Å². The fraction of sp³-hybridized carbons (Fsp3) is 0.125. The number of benzene rings is 1. The molecule has 1 aromatic carbocycles. The first kappa shape index (κ1) is 7.88. The number of carbonyl (C=O) groups is 1. The molecule has 0 bridgehead atoms. The van der Waals surface area contributed by atoms with Crippen molar-refractivity contribution in [2.75, 3.05) is 7.05 Å². The molecule has 0 aliphatic carbocycles. The highest BCUT2D eigenvalue weighted by atomic mass is 17.0. The summed E-state index contributed by atoms with van der Waals surface area (Å²) < 4.78 is 0. The molecule has 0 spiro atoms. The molecule has 1 N–H and O–H groups in total. The standard InChI is InChI=1S/C8H7NO4/c1-9-12-6-4-2-3-5(8(10)11)7(6)13-9/h2-4H,1H3,(H,10,11). The number of hydrogen-bond donors (Lipinski definition) is 1. The summed E-state index contributed by atoms with van der Waals surface area (Å²) in [6.07, 6.45) is 0. The van der Waals surface area contributed by atoms with Gasteiger partial charge in [0.05, 0.1) is 7.05 Å². The maximum atomic E-state index is 10.7. The van der Waals surface area contributed by atoms with Crippen molar-refractivity contribution in [3.8, 4) is 11.5 Å². The summed E-state index contributed by atoms with van der Waals surface area (Å²) in [5.74, 6) is -0.365. The van der Waals surface area contributed by atoms with E-state index in [4.69, 9.17) is 14.8 Å². The molecule has 0 unspecified atom stereocenters. The Hall–Kier alpha value is -1.75. The second-order valence-electron chi connectivity index (χ2n) is 2.56. The van der Waals surface area contributed by atoms with E-state index >= 15 is 0 Å². The minimum absolute atomic E-state index is 0.0989. The number of nitrogens with zero attached hydrogens (tertiary/aromatic N) is 1. The summed E-state index contributed by atoms with van der Waals surface area (Å²) in [6, 6.07) is 4.71. The number of carboxylic acid groups (broad SMARTS) is 1. The van der Waals surface area contributed by atoms with Gasteiger partial charge >= 0.3 is 5.97 Å². The molecular formula is C8H7NO4. The Morgan fingerprint density at radius 2 is 2.23 bits per heavy atom. The molecule has 0 radical (unpaired) electrons. The lowest BCUT2D eigenvalue weighted by atomic mass is 10.2. The van der Waals surface area contributed by atoms with Gasteiger partial charge in [0.25, 0.3) is 0 Å². The first-order chi connectivity index (χ1) is 6.18. The minimum atomic E-state index is -1.03. The van der Waals surface area contributed by atoms with E-state index in [1.807, 2.05) is 0 Å². The molecule has 0 atom stereocenters. The van der Waals surface area contributed by atoms with Crippen molar-refractivity contribution in [2.24, 2.45) is 0 Å². The maximum Gasteiger partial charge on any atom is 0.339 e. The minimum Gasteiger partial charge on any atom is -0.478 e. The summed E-state index contributed by atoms with van der Waals surface area (Å²) in [5.41, 5.74) is 0.0989. The van der Waals surface area contributed by atoms with Crippen LogP contribution < -0.4 is 9.68 Å².